The van der Waals surface area contributed by atoms with E-state index in [1.54, 1.807) is 23.3 Å². The first-order chi connectivity index (χ1) is 13.9. The maximum absolute atomic E-state index is 13.3. The minimum absolute atomic E-state index is 0.0355. The molecule has 1 aromatic heterocycles. The zero-order valence-electron chi connectivity index (χ0n) is 17.1. The van der Waals surface area contributed by atoms with Crippen molar-refractivity contribution in [2.45, 2.75) is 26.3 Å². The van der Waals surface area contributed by atoms with Crippen LogP contribution in [-0.4, -0.2) is 55.0 Å². The molecule has 0 saturated carbocycles. The Hall–Kier alpha value is -1.89. The van der Waals surface area contributed by atoms with Gasteiger partial charge in [0.05, 0.1) is 19.2 Å². The third-order valence-electron chi connectivity index (χ3n) is 5.17. The molecule has 2 amide bonds. The van der Waals surface area contributed by atoms with Crippen molar-refractivity contribution in [2.24, 2.45) is 5.92 Å². The number of benzene rings is 1. The van der Waals surface area contributed by atoms with Gasteiger partial charge in [-0.05, 0) is 41.1 Å². The average molecular weight is 435 g/mol. The summed E-state index contributed by atoms with van der Waals surface area (Å²) in [5.74, 6) is -0.255. The molecule has 3 rings (SSSR count). The molecular formula is C22H27ClN2O3S. The highest BCUT2D eigenvalue weighted by Crippen LogP contribution is 2.38. The van der Waals surface area contributed by atoms with Crippen LogP contribution in [0, 0.1) is 5.92 Å². The van der Waals surface area contributed by atoms with Crippen LogP contribution in [0.3, 0.4) is 0 Å². The van der Waals surface area contributed by atoms with E-state index < -0.39 is 0 Å². The molecule has 7 heteroatoms. The number of carbonyl (C=O) groups excluding carboxylic acids is 2. The molecule has 1 aliphatic rings. The molecule has 0 bridgehead atoms. The number of halogens is 1. The Morgan fingerprint density at radius 2 is 2.00 bits per heavy atom. The molecule has 1 unspecified atom stereocenters. The van der Waals surface area contributed by atoms with Crippen molar-refractivity contribution >= 4 is 34.8 Å². The summed E-state index contributed by atoms with van der Waals surface area (Å²) in [5, 5.41) is 2.75. The molecule has 5 nitrogen and oxygen atoms in total. The fraction of sp³-hybridized carbons (Fsp3) is 0.455. The van der Waals surface area contributed by atoms with Crippen LogP contribution in [0.1, 0.15) is 35.9 Å². The van der Waals surface area contributed by atoms with Crippen LogP contribution in [0.2, 0.25) is 5.02 Å². The van der Waals surface area contributed by atoms with Crippen molar-refractivity contribution in [1.82, 2.24) is 9.80 Å². The van der Waals surface area contributed by atoms with Gasteiger partial charge < -0.3 is 14.5 Å². The maximum atomic E-state index is 13.3. The predicted octanol–water partition coefficient (Wildman–Crippen LogP) is 4.01. The lowest BCUT2D eigenvalue weighted by Gasteiger charge is -2.37. The number of amides is 2. The summed E-state index contributed by atoms with van der Waals surface area (Å²) in [6, 6.07) is 9.60. The van der Waals surface area contributed by atoms with E-state index in [1.807, 2.05) is 43.0 Å². The minimum atomic E-state index is -0.170. The van der Waals surface area contributed by atoms with Gasteiger partial charge >= 0.3 is 0 Å². The predicted molar refractivity (Wildman–Crippen MR) is 116 cm³/mol. The van der Waals surface area contributed by atoms with E-state index in [9.17, 15) is 9.59 Å². The van der Waals surface area contributed by atoms with Crippen molar-refractivity contribution in [2.75, 3.05) is 33.4 Å². The molecule has 0 fully saturated rings. The first kappa shape index (κ1) is 21.8. The highest BCUT2D eigenvalue weighted by atomic mass is 35.5. The number of ether oxygens (including phenoxy) is 1. The van der Waals surface area contributed by atoms with Gasteiger partial charge in [-0.15, -0.1) is 11.3 Å². The smallest absolute Gasteiger partial charge is 0.242 e. The van der Waals surface area contributed by atoms with Gasteiger partial charge in [-0.3, -0.25) is 9.59 Å². The maximum Gasteiger partial charge on any atom is 0.242 e. The van der Waals surface area contributed by atoms with Gasteiger partial charge in [0.2, 0.25) is 11.8 Å². The average Bonchev–Trinajstić information content (AvgIpc) is 3.19. The number of fused-ring (bicyclic) bond motifs is 1. The van der Waals surface area contributed by atoms with Crippen LogP contribution in [0.4, 0.5) is 0 Å². The Morgan fingerprint density at radius 1 is 1.28 bits per heavy atom. The highest BCUT2D eigenvalue weighted by Gasteiger charge is 2.34. The lowest BCUT2D eigenvalue weighted by molar-refractivity contribution is -0.143. The minimum Gasteiger partial charge on any atom is -0.383 e. The van der Waals surface area contributed by atoms with Crippen LogP contribution < -0.4 is 0 Å². The van der Waals surface area contributed by atoms with Gasteiger partial charge in [-0.2, -0.15) is 0 Å². The van der Waals surface area contributed by atoms with Crippen LogP contribution in [0.25, 0.3) is 0 Å². The normalized spacial score (nSPS) is 16.0. The third-order valence-corrected chi connectivity index (χ3v) is 6.42. The number of thiophene rings is 1. The van der Waals surface area contributed by atoms with E-state index in [0.717, 1.165) is 17.5 Å². The molecule has 0 spiro atoms. The van der Waals surface area contributed by atoms with Gasteiger partial charge in [0.15, 0.2) is 0 Å². The van der Waals surface area contributed by atoms with E-state index in [2.05, 4.69) is 11.4 Å². The summed E-state index contributed by atoms with van der Waals surface area (Å²) in [6.07, 6.45) is 0.832. The Balaban J connectivity index is 1.87. The quantitative estimate of drug-likeness (QED) is 0.661. The van der Waals surface area contributed by atoms with E-state index in [0.29, 0.717) is 24.7 Å². The lowest BCUT2D eigenvalue weighted by atomic mass is 9.93. The number of hydrogen-bond acceptors (Lipinski definition) is 4. The first-order valence-electron chi connectivity index (χ1n) is 9.81. The SMILES string of the molecule is COCCN(CC(=O)N1CCc2sccc2C1c1ccc(Cl)cc1)C(=O)C(C)C. The second kappa shape index (κ2) is 9.74. The van der Waals surface area contributed by atoms with Crippen molar-refractivity contribution in [3.05, 3.63) is 56.7 Å². The fourth-order valence-electron chi connectivity index (χ4n) is 3.68. The molecule has 1 atom stereocenters. The first-order valence-corrected chi connectivity index (χ1v) is 11.1. The summed E-state index contributed by atoms with van der Waals surface area (Å²) >= 11 is 7.81. The molecule has 0 aliphatic carbocycles. The fourth-order valence-corrected chi connectivity index (χ4v) is 4.71. The second-order valence-electron chi connectivity index (χ2n) is 7.50. The largest absolute Gasteiger partial charge is 0.383 e. The monoisotopic (exact) mass is 434 g/mol. The van der Waals surface area contributed by atoms with E-state index >= 15 is 0 Å². The van der Waals surface area contributed by atoms with E-state index in [-0.39, 0.29) is 30.3 Å². The highest BCUT2D eigenvalue weighted by molar-refractivity contribution is 7.10. The lowest BCUT2D eigenvalue weighted by Crippen LogP contribution is -2.48. The number of carbonyl (C=O) groups is 2. The van der Waals surface area contributed by atoms with Gasteiger partial charge in [-0.1, -0.05) is 37.6 Å². The van der Waals surface area contributed by atoms with E-state index in [4.69, 9.17) is 16.3 Å². The van der Waals surface area contributed by atoms with Crippen LogP contribution in [0.15, 0.2) is 35.7 Å². The number of rotatable bonds is 7. The Bertz CT molecular complexity index is 850. The Morgan fingerprint density at radius 3 is 2.66 bits per heavy atom. The molecule has 0 N–H and O–H groups in total. The molecule has 1 aromatic carbocycles. The Kier molecular flexibility index (Phi) is 7.33. The zero-order chi connectivity index (χ0) is 21.0. The topological polar surface area (TPSA) is 49.9 Å². The summed E-state index contributed by atoms with van der Waals surface area (Å²) in [7, 11) is 1.60. The van der Waals surface area contributed by atoms with Gasteiger partial charge in [0.25, 0.3) is 0 Å². The summed E-state index contributed by atoms with van der Waals surface area (Å²) in [5.41, 5.74) is 2.19. The Labute approximate surface area is 181 Å². The molecule has 1 aliphatic heterocycles. The molecule has 0 saturated heterocycles. The van der Waals surface area contributed by atoms with Crippen LogP contribution in [-0.2, 0) is 20.7 Å². The van der Waals surface area contributed by atoms with Crippen molar-refractivity contribution in [3.63, 3.8) is 0 Å². The molecule has 0 radical (unpaired) electrons. The van der Waals surface area contributed by atoms with Crippen molar-refractivity contribution in [1.29, 1.82) is 0 Å². The molecule has 2 heterocycles. The summed E-state index contributed by atoms with van der Waals surface area (Å²) in [6.45, 7) is 5.20. The van der Waals surface area contributed by atoms with Gasteiger partial charge in [-0.25, -0.2) is 0 Å². The summed E-state index contributed by atoms with van der Waals surface area (Å²) < 4.78 is 5.14. The number of nitrogens with zero attached hydrogens (tertiary/aromatic N) is 2. The number of hydrogen-bond donors (Lipinski definition) is 0. The van der Waals surface area contributed by atoms with Crippen molar-refractivity contribution < 1.29 is 14.3 Å². The molecular weight excluding hydrogens is 408 g/mol. The van der Waals surface area contributed by atoms with Crippen LogP contribution >= 0.6 is 22.9 Å². The second-order valence-corrected chi connectivity index (χ2v) is 8.93. The van der Waals surface area contributed by atoms with Gasteiger partial charge in [0, 0.05) is 36.0 Å². The number of methoxy groups -OCH3 is 1. The van der Waals surface area contributed by atoms with Gasteiger partial charge in [0.1, 0.15) is 0 Å². The van der Waals surface area contributed by atoms with Crippen molar-refractivity contribution in [3.8, 4) is 0 Å². The molecule has 2 aromatic rings. The zero-order valence-corrected chi connectivity index (χ0v) is 18.6. The third kappa shape index (κ3) is 5.00. The molecule has 156 valence electrons. The summed E-state index contributed by atoms with van der Waals surface area (Å²) in [4.78, 5) is 30.8. The molecule has 29 heavy (non-hydrogen) atoms. The standard InChI is InChI=1S/C22H27ClN2O3S/c1-15(2)22(27)24(11-12-28-3)14-20(26)25-10-8-19-18(9-13-29-19)21(25)16-4-6-17(23)7-5-16/h4-7,9,13,15,21H,8,10-12,14H2,1-3H3. The van der Waals surface area contributed by atoms with Crippen LogP contribution in [0.5, 0.6) is 0 Å². The van der Waals surface area contributed by atoms with E-state index in [1.165, 1.54) is 4.88 Å².